The zero-order chi connectivity index (χ0) is 16.9. The maximum atomic E-state index is 13.1. The predicted octanol–water partition coefficient (Wildman–Crippen LogP) is 3.94. The minimum Gasteiger partial charge on any atom is -0.473 e. The summed E-state index contributed by atoms with van der Waals surface area (Å²) in [5, 5.41) is 0. The number of para-hydroxylation sites is 1. The maximum Gasteiger partial charge on any atom is 0.263 e. The Labute approximate surface area is 147 Å². The lowest BCUT2D eigenvalue weighted by Crippen LogP contribution is -2.32. The van der Waals surface area contributed by atoms with Gasteiger partial charge in [-0.2, -0.15) is 11.8 Å². The summed E-state index contributed by atoms with van der Waals surface area (Å²) >= 11 is 1.88. The number of anilines is 1. The van der Waals surface area contributed by atoms with Crippen molar-refractivity contribution in [2.75, 3.05) is 23.0 Å². The number of carbonyl (C=O) groups excluding carboxylic acids is 1. The lowest BCUT2D eigenvalue weighted by atomic mass is 10.1. The van der Waals surface area contributed by atoms with Gasteiger partial charge >= 0.3 is 0 Å². The summed E-state index contributed by atoms with van der Waals surface area (Å²) in [5.74, 6) is 2.44. The van der Waals surface area contributed by atoms with E-state index in [9.17, 15) is 4.79 Å². The Balaban J connectivity index is 1.89. The topological polar surface area (TPSA) is 42.4 Å². The lowest BCUT2D eigenvalue weighted by molar-refractivity contribution is 0.0980. The fourth-order valence-electron chi connectivity index (χ4n) is 2.85. The van der Waals surface area contributed by atoms with Gasteiger partial charge in [0.1, 0.15) is 11.7 Å². The van der Waals surface area contributed by atoms with Gasteiger partial charge in [-0.05, 0) is 49.8 Å². The normalized spacial score (nSPS) is 16.8. The molecule has 1 saturated heterocycles. The average Bonchev–Trinajstić information content (AvgIpc) is 3.10. The van der Waals surface area contributed by atoms with Gasteiger partial charge < -0.3 is 9.64 Å². The first-order chi connectivity index (χ1) is 11.7. The Kier molecular flexibility index (Phi) is 5.41. The Morgan fingerprint density at radius 1 is 1.33 bits per heavy atom. The molecule has 1 aromatic heterocycles. The summed E-state index contributed by atoms with van der Waals surface area (Å²) in [6.07, 6.45) is 2.83. The van der Waals surface area contributed by atoms with Crippen LogP contribution in [0.1, 0.15) is 29.3 Å². The molecule has 1 fully saturated rings. The first kappa shape index (κ1) is 16.8. The van der Waals surface area contributed by atoms with Gasteiger partial charge in [-0.1, -0.05) is 18.2 Å². The van der Waals surface area contributed by atoms with Gasteiger partial charge in [0.05, 0.1) is 0 Å². The van der Waals surface area contributed by atoms with Crippen molar-refractivity contribution >= 4 is 23.4 Å². The van der Waals surface area contributed by atoms with Crippen LogP contribution in [-0.2, 0) is 0 Å². The minimum absolute atomic E-state index is 0.0689. The standard InChI is InChI=1S/C19H22N2O2S/c1-3-21(17-9-5-4-7-14(17)2)19(22)16-8-6-11-20-18(16)23-15-10-12-24-13-15/h4-9,11,15H,3,10,12-13H2,1-2H3. The van der Waals surface area contributed by atoms with Crippen molar-refractivity contribution in [1.82, 2.24) is 4.98 Å². The monoisotopic (exact) mass is 342 g/mol. The number of ether oxygens (including phenoxy) is 1. The SMILES string of the molecule is CCN(C(=O)c1cccnc1OC1CCSC1)c1ccccc1C. The Morgan fingerprint density at radius 2 is 2.17 bits per heavy atom. The summed E-state index contributed by atoms with van der Waals surface area (Å²) in [4.78, 5) is 19.2. The van der Waals surface area contributed by atoms with Crippen LogP contribution >= 0.6 is 11.8 Å². The molecule has 24 heavy (non-hydrogen) atoms. The fraction of sp³-hybridized carbons (Fsp3) is 0.368. The molecular weight excluding hydrogens is 320 g/mol. The van der Waals surface area contributed by atoms with Gasteiger partial charge in [0.25, 0.3) is 5.91 Å². The number of carbonyl (C=O) groups is 1. The molecular formula is C19H22N2O2S. The third-order valence-electron chi connectivity index (χ3n) is 4.14. The first-order valence-corrected chi connectivity index (χ1v) is 9.43. The molecule has 1 aromatic carbocycles. The van der Waals surface area contributed by atoms with Crippen LogP contribution in [0.3, 0.4) is 0 Å². The third kappa shape index (κ3) is 3.56. The number of hydrogen-bond donors (Lipinski definition) is 0. The molecule has 126 valence electrons. The van der Waals surface area contributed by atoms with Gasteiger partial charge in [0, 0.05) is 24.2 Å². The number of nitrogens with zero attached hydrogens (tertiary/aromatic N) is 2. The van der Waals surface area contributed by atoms with Crippen molar-refractivity contribution in [2.24, 2.45) is 0 Å². The van der Waals surface area contributed by atoms with Crippen molar-refractivity contribution < 1.29 is 9.53 Å². The van der Waals surface area contributed by atoms with Crippen LogP contribution in [0.5, 0.6) is 5.88 Å². The summed E-state index contributed by atoms with van der Waals surface area (Å²) in [6.45, 7) is 4.59. The van der Waals surface area contributed by atoms with E-state index in [4.69, 9.17) is 4.74 Å². The van der Waals surface area contributed by atoms with Gasteiger partial charge in [0.15, 0.2) is 0 Å². The van der Waals surface area contributed by atoms with Crippen molar-refractivity contribution in [3.63, 3.8) is 0 Å². The van der Waals surface area contributed by atoms with Crippen molar-refractivity contribution in [1.29, 1.82) is 0 Å². The van der Waals surface area contributed by atoms with Crippen LogP contribution in [0.25, 0.3) is 0 Å². The maximum absolute atomic E-state index is 13.1. The summed E-state index contributed by atoms with van der Waals surface area (Å²) < 4.78 is 6.01. The third-order valence-corrected chi connectivity index (χ3v) is 5.27. The quantitative estimate of drug-likeness (QED) is 0.825. The van der Waals surface area contributed by atoms with Crippen LogP contribution in [0, 0.1) is 6.92 Å². The number of benzene rings is 1. The van der Waals surface area contributed by atoms with Crippen LogP contribution in [0.15, 0.2) is 42.6 Å². The molecule has 2 heterocycles. The number of thioether (sulfide) groups is 1. The van der Waals surface area contributed by atoms with E-state index in [1.807, 2.05) is 49.9 Å². The molecule has 1 unspecified atom stereocenters. The van der Waals surface area contributed by atoms with E-state index in [1.165, 1.54) is 0 Å². The van der Waals surface area contributed by atoms with Crippen LogP contribution < -0.4 is 9.64 Å². The van der Waals surface area contributed by atoms with E-state index in [0.717, 1.165) is 29.2 Å². The highest BCUT2D eigenvalue weighted by atomic mass is 32.2. The number of aromatic nitrogens is 1. The van der Waals surface area contributed by atoms with Crippen LogP contribution in [0.2, 0.25) is 0 Å². The van der Waals surface area contributed by atoms with Crippen LogP contribution in [0.4, 0.5) is 5.69 Å². The first-order valence-electron chi connectivity index (χ1n) is 8.27. The Hall–Kier alpha value is -2.01. The number of hydrogen-bond acceptors (Lipinski definition) is 4. The number of pyridine rings is 1. The highest BCUT2D eigenvalue weighted by molar-refractivity contribution is 7.99. The number of aryl methyl sites for hydroxylation is 1. The molecule has 1 atom stereocenters. The van der Waals surface area contributed by atoms with E-state index in [-0.39, 0.29) is 12.0 Å². The van der Waals surface area contributed by atoms with E-state index >= 15 is 0 Å². The molecule has 0 saturated carbocycles. The lowest BCUT2D eigenvalue weighted by Gasteiger charge is -2.24. The zero-order valence-corrected chi connectivity index (χ0v) is 14.9. The van der Waals surface area contributed by atoms with Crippen LogP contribution in [-0.4, -0.2) is 35.0 Å². The van der Waals surface area contributed by atoms with E-state index in [2.05, 4.69) is 4.98 Å². The molecule has 2 aromatic rings. The predicted molar refractivity (Wildman–Crippen MR) is 99.1 cm³/mol. The highest BCUT2D eigenvalue weighted by Gasteiger charge is 2.24. The molecule has 1 amide bonds. The molecule has 0 spiro atoms. The Bertz CT molecular complexity index is 714. The molecule has 5 heteroatoms. The van der Waals surface area contributed by atoms with Gasteiger partial charge in [0.2, 0.25) is 5.88 Å². The summed E-state index contributed by atoms with van der Waals surface area (Å²) in [7, 11) is 0. The average molecular weight is 342 g/mol. The molecule has 0 N–H and O–H groups in total. The smallest absolute Gasteiger partial charge is 0.263 e. The minimum atomic E-state index is -0.0689. The summed E-state index contributed by atoms with van der Waals surface area (Å²) in [5.41, 5.74) is 2.53. The van der Waals surface area contributed by atoms with E-state index in [1.54, 1.807) is 23.2 Å². The molecule has 0 radical (unpaired) electrons. The number of amides is 1. The van der Waals surface area contributed by atoms with Crippen molar-refractivity contribution in [3.8, 4) is 5.88 Å². The Morgan fingerprint density at radius 3 is 2.88 bits per heavy atom. The summed E-state index contributed by atoms with van der Waals surface area (Å²) in [6, 6.07) is 11.5. The molecule has 0 bridgehead atoms. The highest BCUT2D eigenvalue weighted by Crippen LogP contribution is 2.27. The van der Waals surface area contributed by atoms with Gasteiger partial charge in [-0.3, -0.25) is 4.79 Å². The molecule has 4 nitrogen and oxygen atoms in total. The van der Waals surface area contributed by atoms with Gasteiger partial charge in [-0.15, -0.1) is 0 Å². The molecule has 1 aliphatic heterocycles. The van der Waals surface area contributed by atoms with Crippen molar-refractivity contribution in [3.05, 3.63) is 53.7 Å². The molecule has 0 aliphatic carbocycles. The van der Waals surface area contributed by atoms with Crippen molar-refractivity contribution in [2.45, 2.75) is 26.4 Å². The van der Waals surface area contributed by atoms with Gasteiger partial charge in [-0.25, -0.2) is 4.98 Å². The second-order valence-corrected chi connectivity index (χ2v) is 6.95. The van der Waals surface area contributed by atoms with E-state index in [0.29, 0.717) is 18.0 Å². The number of rotatable bonds is 5. The largest absolute Gasteiger partial charge is 0.473 e. The fourth-order valence-corrected chi connectivity index (χ4v) is 3.94. The van der Waals surface area contributed by atoms with E-state index < -0.39 is 0 Å². The zero-order valence-electron chi connectivity index (χ0n) is 14.1. The second-order valence-electron chi connectivity index (χ2n) is 5.80. The second kappa shape index (κ2) is 7.71. The molecule has 3 rings (SSSR count). The molecule has 1 aliphatic rings.